The van der Waals surface area contributed by atoms with E-state index in [1.54, 1.807) is 6.20 Å². The lowest BCUT2D eigenvalue weighted by atomic mass is 10.0. The van der Waals surface area contributed by atoms with Crippen molar-refractivity contribution in [2.75, 3.05) is 37.4 Å². The van der Waals surface area contributed by atoms with Gasteiger partial charge in [0.15, 0.2) is 0 Å². The molecule has 1 saturated heterocycles. The number of hydrogen-bond acceptors (Lipinski definition) is 5. The molecule has 1 aliphatic rings. The van der Waals surface area contributed by atoms with Gasteiger partial charge in [-0.2, -0.15) is 4.98 Å². The van der Waals surface area contributed by atoms with E-state index in [-0.39, 0.29) is 0 Å². The predicted octanol–water partition coefficient (Wildman–Crippen LogP) is 3.27. The van der Waals surface area contributed by atoms with Gasteiger partial charge in [0.1, 0.15) is 5.82 Å². The Labute approximate surface area is 148 Å². The Morgan fingerprint density at radius 2 is 2.12 bits per heavy atom. The SMILES string of the molecule is CN(C)c1nccc(NC2CCCN(Cc3ccccc3Cl)C2)n1. The van der Waals surface area contributed by atoms with Gasteiger partial charge in [0, 0.05) is 44.4 Å². The van der Waals surface area contributed by atoms with Crippen molar-refractivity contribution in [3.8, 4) is 0 Å². The third kappa shape index (κ3) is 4.36. The number of nitrogens with one attached hydrogen (secondary N) is 1. The highest BCUT2D eigenvalue weighted by Gasteiger charge is 2.21. The van der Waals surface area contributed by atoms with Gasteiger partial charge in [-0.05, 0) is 37.1 Å². The maximum Gasteiger partial charge on any atom is 0.226 e. The van der Waals surface area contributed by atoms with E-state index in [0.29, 0.717) is 6.04 Å². The topological polar surface area (TPSA) is 44.3 Å². The average molecular weight is 346 g/mol. The summed E-state index contributed by atoms with van der Waals surface area (Å²) >= 11 is 6.29. The van der Waals surface area contributed by atoms with Crippen molar-refractivity contribution in [1.82, 2.24) is 14.9 Å². The minimum Gasteiger partial charge on any atom is -0.366 e. The highest BCUT2D eigenvalue weighted by Crippen LogP contribution is 2.21. The zero-order chi connectivity index (χ0) is 16.9. The summed E-state index contributed by atoms with van der Waals surface area (Å²) in [6.07, 6.45) is 4.13. The number of nitrogens with zero attached hydrogens (tertiary/aromatic N) is 4. The summed E-state index contributed by atoms with van der Waals surface area (Å²) in [7, 11) is 3.90. The smallest absolute Gasteiger partial charge is 0.226 e. The lowest BCUT2D eigenvalue weighted by Crippen LogP contribution is -2.41. The van der Waals surface area contributed by atoms with Crippen molar-refractivity contribution in [3.63, 3.8) is 0 Å². The van der Waals surface area contributed by atoms with Crippen molar-refractivity contribution in [2.24, 2.45) is 0 Å². The second-order valence-corrected chi connectivity index (χ2v) is 6.85. The molecule has 24 heavy (non-hydrogen) atoms. The number of benzene rings is 1. The van der Waals surface area contributed by atoms with Crippen LogP contribution in [0.2, 0.25) is 5.02 Å². The van der Waals surface area contributed by atoms with Crippen LogP contribution in [-0.2, 0) is 6.54 Å². The van der Waals surface area contributed by atoms with Crippen molar-refractivity contribution < 1.29 is 0 Å². The zero-order valence-corrected chi connectivity index (χ0v) is 15.0. The highest BCUT2D eigenvalue weighted by atomic mass is 35.5. The van der Waals surface area contributed by atoms with Crippen molar-refractivity contribution in [1.29, 1.82) is 0 Å². The molecule has 0 amide bonds. The van der Waals surface area contributed by atoms with E-state index in [9.17, 15) is 0 Å². The van der Waals surface area contributed by atoms with Crippen LogP contribution in [0.4, 0.5) is 11.8 Å². The van der Waals surface area contributed by atoms with Crippen LogP contribution in [0.5, 0.6) is 0 Å². The number of rotatable bonds is 5. The molecule has 2 heterocycles. The van der Waals surface area contributed by atoms with Crippen LogP contribution < -0.4 is 10.2 Å². The first kappa shape index (κ1) is 17.0. The first-order valence-electron chi connectivity index (χ1n) is 8.34. The van der Waals surface area contributed by atoms with Crippen LogP contribution in [0, 0.1) is 0 Å². The minimum absolute atomic E-state index is 0.395. The molecule has 0 bridgehead atoms. The third-order valence-corrected chi connectivity index (χ3v) is 4.62. The molecule has 1 fully saturated rings. The van der Waals surface area contributed by atoms with E-state index in [2.05, 4.69) is 26.3 Å². The number of likely N-dealkylation sites (tertiary alicyclic amines) is 1. The summed E-state index contributed by atoms with van der Waals surface area (Å²) in [5.41, 5.74) is 1.19. The Hall–Kier alpha value is -1.85. The normalized spacial score (nSPS) is 18.4. The molecular formula is C18H24ClN5. The second-order valence-electron chi connectivity index (χ2n) is 6.45. The average Bonchev–Trinajstić information content (AvgIpc) is 2.57. The molecule has 5 nitrogen and oxygen atoms in total. The quantitative estimate of drug-likeness (QED) is 0.901. The molecule has 1 aromatic heterocycles. The van der Waals surface area contributed by atoms with Crippen LogP contribution in [0.25, 0.3) is 0 Å². The third-order valence-electron chi connectivity index (χ3n) is 4.25. The van der Waals surface area contributed by atoms with Crippen molar-refractivity contribution >= 4 is 23.4 Å². The first-order valence-corrected chi connectivity index (χ1v) is 8.72. The minimum atomic E-state index is 0.395. The van der Waals surface area contributed by atoms with Gasteiger partial charge in [-0.15, -0.1) is 0 Å². The molecule has 1 atom stereocenters. The van der Waals surface area contributed by atoms with E-state index in [1.165, 1.54) is 12.0 Å². The highest BCUT2D eigenvalue weighted by molar-refractivity contribution is 6.31. The van der Waals surface area contributed by atoms with Gasteiger partial charge in [-0.1, -0.05) is 29.8 Å². The molecule has 0 spiro atoms. The van der Waals surface area contributed by atoms with Crippen molar-refractivity contribution in [3.05, 3.63) is 47.1 Å². The Morgan fingerprint density at radius 3 is 2.92 bits per heavy atom. The predicted molar refractivity (Wildman–Crippen MR) is 99.7 cm³/mol. The van der Waals surface area contributed by atoms with Gasteiger partial charge in [0.25, 0.3) is 0 Å². The van der Waals surface area contributed by atoms with Gasteiger partial charge < -0.3 is 10.2 Å². The Balaban J connectivity index is 1.61. The number of hydrogen-bond donors (Lipinski definition) is 1. The van der Waals surface area contributed by atoms with Crippen LogP contribution in [-0.4, -0.2) is 48.1 Å². The molecule has 0 radical (unpaired) electrons. The summed E-state index contributed by atoms with van der Waals surface area (Å²) in [5.74, 6) is 1.61. The van der Waals surface area contributed by atoms with Gasteiger partial charge >= 0.3 is 0 Å². The maximum absolute atomic E-state index is 6.29. The van der Waals surface area contributed by atoms with Crippen LogP contribution >= 0.6 is 11.6 Å². The lowest BCUT2D eigenvalue weighted by Gasteiger charge is -2.33. The maximum atomic E-state index is 6.29. The summed E-state index contributed by atoms with van der Waals surface area (Å²) < 4.78 is 0. The number of aromatic nitrogens is 2. The molecule has 6 heteroatoms. The molecular weight excluding hydrogens is 322 g/mol. The number of piperidine rings is 1. The number of halogens is 1. The molecule has 3 rings (SSSR count). The zero-order valence-electron chi connectivity index (χ0n) is 14.2. The van der Waals surface area contributed by atoms with Crippen LogP contribution in [0.15, 0.2) is 36.5 Å². The molecule has 1 unspecified atom stereocenters. The summed E-state index contributed by atoms with van der Waals surface area (Å²) in [5, 5.41) is 4.40. The second kappa shape index (κ2) is 7.81. The first-order chi connectivity index (χ1) is 11.6. The van der Waals surface area contributed by atoms with E-state index >= 15 is 0 Å². The molecule has 0 aliphatic carbocycles. The van der Waals surface area contributed by atoms with E-state index in [0.717, 1.165) is 42.8 Å². The Bertz CT molecular complexity index is 676. The fourth-order valence-corrected chi connectivity index (χ4v) is 3.23. The molecule has 2 aromatic rings. The summed E-state index contributed by atoms with van der Waals surface area (Å²) in [6.45, 7) is 2.99. The fourth-order valence-electron chi connectivity index (χ4n) is 3.04. The van der Waals surface area contributed by atoms with E-state index in [1.807, 2.05) is 43.3 Å². The largest absolute Gasteiger partial charge is 0.366 e. The Morgan fingerprint density at radius 1 is 1.29 bits per heavy atom. The van der Waals surface area contributed by atoms with Gasteiger partial charge in [-0.3, -0.25) is 4.90 Å². The summed E-state index contributed by atoms with van der Waals surface area (Å²) in [6, 6.07) is 10.4. The molecule has 0 saturated carbocycles. The molecule has 128 valence electrons. The number of anilines is 2. The van der Waals surface area contributed by atoms with Crippen molar-refractivity contribution in [2.45, 2.75) is 25.4 Å². The Kier molecular flexibility index (Phi) is 5.53. The molecule has 1 aromatic carbocycles. The molecule has 1 N–H and O–H groups in total. The van der Waals surface area contributed by atoms with Gasteiger partial charge in [0.2, 0.25) is 5.95 Å². The van der Waals surface area contributed by atoms with Crippen LogP contribution in [0.1, 0.15) is 18.4 Å². The molecule has 1 aliphatic heterocycles. The fraction of sp³-hybridized carbons (Fsp3) is 0.444. The van der Waals surface area contributed by atoms with E-state index < -0.39 is 0 Å². The standard InChI is InChI=1S/C18H24ClN5/c1-23(2)18-20-10-9-17(22-18)21-15-7-5-11-24(13-15)12-14-6-3-4-8-16(14)19/h3-4,6,8-10,15H,5,7,11-13H2,1-2H3,(H,20,21,22). The van der Waals surface area contributed by atoms with Gasteiger partial charge in [-0.25, -0.2) is 4.98 Å². The van der Waals surface area contributed by atoms with Gasteiger partial charge in [0.05, 0.1) is 0 Å². The lowest BCUT2D eigenvalue weighted by molar-refractivity contribution is 0.208. The monoisotopic (exact) mass is 345 g/mol. The summed E-state index contributed by atoms with van der Waals surface area (Å²) in [4.78, 5) is 13.2. The van der Waals surface area contributed by atoms with E-state index in [4.69, 9.17) is 11.6 Å². The van der Waals surface area contributed by atoms with Crippen LogP contribution in [0.3, 0.4) is 0 Å².